The quantitative estimate of drug-likeness (QED) is 0.770. The summed E-state index contributed by atoms with van der Waals surface area (Å²) in [4.78, 5) is 18.5. The van der Waals surface area contributed by atoms with E-state index in [-0.39, 0.29) is 17.9 Å². The number of piperidine rings is 1. The summed E-state index contributed by atoms with van der Waals surface area (Å²) in [6.07, 6.45) is 7.35. The van der Waals surface area contributed by atoms with Crippen molar-refractivity contribution in [3.05, 3.63) is 60.2 Å². The van der Waals surface area contributed by atoms with E-state index in [0.717, 1.165) is 50.0 Å². The summed E-state index contributed by atoms with van der Waals surface area (Å²) in [5, 5.41) is 6.28. The molecule has 2 N–H and O–H groups in total. The molecular weight excluding hydrogens is 331 g/mol. The van der Waals surface area contributed by atoms with E-state index in [1.165, 1.54) is 12.1 Å². The third kappa shape index (κ3) is 4.94. The van der Waals surface area contributed by atoms with Crippen LogP contribution in [0.15, 0.2) is 48.8 Å². The Morgan fingerprint density at radius 2 is 2.04 bits per heavy atom. The van der Waals surface area contributed by atoms with Crippen LogP contribution in [0.5, 0.6) is 0 Å². The van der Waals surface area contributed by atoms with Gasteiger partial charge in [0.25, 0.3) is 0 Å². The number of likely N-dealkylation sites (tertiary alicyclic amines) is 1. The number of nitrogens with one attached hydrogen (secondary N) is 2. The van der Waals surface area contributed by atoms with Crippen molar-refractivity contribution in [3.63, 3.8) is 0 Å². The lowest BCUT2D eigenvalue weighted by Gasteiger charge is -2.36. The van der Waals surface area contributed by atoms with Crippen LogP contribution in [0.25, 0.3) is 0 Å². The van der Waals surface area contributed by atoms with Crippen LogP contribution in [0.4, 0.5) is 14.9 Å². The molecule has 1 saturated heterocycles. The Bertz CT molecular complexity index is 693. The minimum absolute atomic E-state index is 0.0258. The highest BCUT2D eigenvalue weighted by Crippen LogP contribution is 2.30. The fourth-order valence-corrected chi connectivity index (χ4v) is 3.29. The lowest BCUT2D eigenvalue weighted by molar-refractivity contribution is 0.151. The van der Waals surface area contributed by atoms with Crippen LogP contribution < -0.4 is 10.6 Å². The van der Waals surface area contributed by atoms with E-state index < -0.39 is 0 Å². The minimum atomic E-state index is -0.248. The van der Waals surface area contributed by atoms with Crippen molar-refractivity contribution < 1.29 is 9.18 Å². The number of hydrogen-bond acceptors (Lipinski definition) is 3. The second-order valence-electron chi connectivity index (χ2n) is 6.51. The highest BCUT2D eigenvalue weighted by Gasteiger charge is 2.27. The largest absolute Gasteiger partial charge is 0.384 e. The Morgan fingerprint density at radius 1 is 1.19 bits per heavy atom. The molecule has 1 aromatic heterocycles. The van der Waals surface area contributed by atoms with E-state index in [1.807, 2.05) is 17.0 Å². The number of carbonyl (C=O) groups excluding carboxylic acids is 1. The molecule has 138 valence electrons. The molecule has 0 bridgehead atoms. The first-order chi connectivity index (χ1) is 12.7. The molecule has 0 saturated carbocycles. The predicted molar refractivity (Wildman–Crippen MR) is 100 cm³/mol. The number of hydrogen-bond donors (Lipinski definition) is 2. The topological polar surface area (TPSA) is 57.3 Å². The standard InChI is InChI=1S/C20H25FN4O/c21-17-9-7-16(8-10-17)19-6-1-2-14-25(19)20(26)24-13-4-12-23-18-5-3-11-22-15-18/h3,5,7-11,15,19,23H,1-2,4,6,12-14H2,(H,24,26). The van der Waals surface area contributed by atoms with Crippen LogP contribution in [0.3, 0.4) is 0 Å². The summed E-state index contributed by atoms with van der Waals surface area (Å²) in [5.74, 6) is -0.248. The lowest BCUT2D eigenvalue weighted by Crippen LogP contribution is -2.45. The summed E-state index contributed by atoms with van der Waals surface area (Å²) in [7, 11) is 0. The van der Waals surface area contributed by atoms with Crippen LogP contribution in [-0.2, 0) is 0 Å². The molecule has 0 radical (unpaired) electrons. The molecule has 0 spiro atoms. The molecule has 1 aliphatic rings. The monoisotopic (exact) mass is 356 g/mol. The van der Waals surface area contributed by atoms with Crippen LogP contribution in [0.1, 0.15) is 37.3 Å². The summed E-state index contributed by atoms with van der Waals surface area (Å²) in [6, 6.07) is 10.3. The van der Waals surface area contributed by atoms with Crippen molar-refractivity contribution in [2.24, 2.45) is 0 Å². The number of halogens is 1. The van der Waals surface area contributed by atoms with Gasteiger partial charge in [-0.3, -0.25) is 4.98 Å². The van der Waals surface area contributed by atoms with Crippen molar-refractivity contribution in [1.82, 2.24) is 15.2 Å². The molecule has 2 heterocycles. The zero-order valence-electron chi connectivity index (χ0n) is 14.8. The number of carbonyl (C=O) groups is 1. The van der Waals surface area contributed by atoms with Gasteiger partial charge in [0, 0.05) is 32.0 Å². The van der Waals surface area contributed by atoms with Gasteiger partial charge in [0.05, 0.1) is 11.7 Å². The maximum Gasteiger partial charge on any atom is 0.317 e. The molecule has 0 aliphatic carbocycles. The fraction of sp³-hybridized carbons (Fsp3) is 0.400. The molecule has 3 rings (SSSR count). The van der Waals surface area contributed by atoms with E-state index in [9.17, 15) is 9.18 Å². The van der Waals surface area contributed by atoms with Crippen LogP contribution in [0, 0.1) is 5.82 Å². The number of nitrogens with zero attached hydrogens (tertiary/aromatic N) is 2. The van der Waals surface area contributed by atoms with Gasteiger partial charge in [0.2, 0.25) is 0 Å². The molecule has 2 aromatic rings. The summed E-state index contributed by atoms with van der Waals surface area (Å²) < 4.78 is 13.2. The lowest BCUT2D eigenvalue weighted by atomic mass is 9.95. The number of anilines is 1. The van der Waals surface area contributed by atoms with Gasteiger partial charge in [0.15, 0.2) is 0 Å². The molecule has 1 atom stereocenters. The van der Waals surface area contributed by atoms with Crippen molar-refractivity contribution >= 4 is 11.7 Å². The van der Waals surface area contributed by atoms with Gasteiger partial charge < -0.3 is 15.5 Å². The SMILES string of the molecule is O=C(NCCCNc1cccnc1)N1CCCCC1c1ccc(F)cc1. The molecule has 26 heavy (non-hydrogen) atoms. The maximum atomic E-state index is 13.2. The molecule has 6 heteroatoms. The van der Waals surface area contributed by atoms with E-state index in [2.05, 4.69) is 15.6 Å². The Morgan fingerprint density at radius 3 is 2.81 bits per heavy atom. The molecular formula is C20H25FN4O. The highest BCUT2D eigenvalue weighted by atomic mass is 19.1. The molecule has 1 aromatic carbocycles. The summed E-state index contributed by atoms with van der Waals surface area (Å²) >= 11 is 0. The smallest absolute Gasteiger partial charge is 0.317 e. The number of urea groups is 1. The van der Waals surface area contributed by atoms with Gasteiger partial charge in [0.1, 0.15) is 5.82 Å². The summed E-state index contributed by atoms with van der Waals surface area (Å²) in [5.41, 5.74) is 1.98. The van der Waals surface area contributed by atoms with Gasteiger partial charge in [-0.2, -0.15) is 0 Å². The molecule has 1 aliphatic heterocycles. The number of amides is 2. The van der Waals surface area contributed by atoms with Crippen LogP contribution in [-0.4, -0.2) is 35.5 Å². The maximum absolute atomic E-state index is 13.2. The second-order valence-corrected chi connectivity index (χ2v) is 6.51. The Hall–Kier alpha value is -2.63. The number of rotatable bonds is 6. The highest BCUT2D eigenvalue weighted by molar-refractivity contribution is 5.74. The van der Waals surface area contributed by atoms with Gasteiger partial charge in [-0.1, -0.05) is 12.1 Å². The minimum Gasteiger partial charge on any atom is -0.384 e. The van der Waals surface area contributed by atoms with E-state index in [0.29, 0.717) is 6.54 Å². The van der Waals surface area contributed by atoms with Gasteiger partial charge in [-0.05, 0) is 55.5 Å². The Balaban J connectivity index is 1.46. The Kier molecular flexibility index (Phi) is 6.41. The van der Waals surface area contributed by atoms with E-state index in [4.69, 9.17) is 0 Å². The normalized spacial score (nSPS) is 17.0. The fourth-order valence-electron chi connectivity index (χ4n) is 3.29. The number of benzene rings is 1. The van der Waals surface area contributed by atoms with Gasteiger partial charge >= 0.3 is 6.03 Å². The zero-order valence-corrected chi connectivity index (χ0v) is 14.8. The number of aromatic nitrogens is 1. The van der Waals surface area contributed by atoms with Gasteiger partial charge in [-0.25, -0.2) is 9.18 Å². The van der Waals surface area contributed by atoms with Crippen molar-refractivity contribution in [1.29, 1.82) is 0 Å². The number of pyridine rings is 1. The van der Waals surface area contributed by atoms with Crippen molar-refractivity contribution in [3.8, 4) is 0 Å². The first-order valence-corrected chi connectivity index (χ1v) is 9.18. The zero-order chi connectivity index (χ0) is 18.2. The molecule has 2 amide bonds. The van der Waals surface area contributed by atoms with Crippen LogP contribution in [0.2, 0.25) is 0 Å². The molecule has 1 unspecified atom stereocenters. The first-order valence-electron chi connectivity index (χ1n) is 9.18. The third-order valence-corrected chi connectivity index (χ3v) is 4.64. The average molecular weight is 356 g/mol. The third-order valence-electron chi connectivity index (χ3n) is 4.64. The van der Waals surface area contributed by atoms with Crippen molar-refractivity contribution in [2.75, 3.05) is 25.0 Å². The van der Waals surface area contributed by atoms with Crippen molar-refractivity contribution in [2.45, 2.75) is 31.7 Å². The average Bonchev–Trinajstić information content (AvgIpc) is 2.69. The van der Waals surface area contributed by atoms with Gasteiger partial charge in [-0.15, -0.1) is 0 Å². The summed E-state index contributed by atoms with van der Waals surface area (Å²) in [6.45, 7) is 2.12. The Labute approximate surface area is 153 Å². The predicted octanol–water partition coefficient (Wildman–Crippen LogP) is 3.96. The second kappa shape index (κ2) is 9.17. The first kappa shape index (κ1) is 18.2. The van der Waals surface area contributed by atoms with E-state index >= 15 is 0 Å². The molecule has 5 nitrogen and oxygen atoms in total. The molecule has 1 fully saturated rings. The van der Waals surface area contributed by atoms with Crippen LogP contribution >= 0.6 is 0 Å². The van der Waals surface area contributed by atoms with E-state index in [1.54, 1.807) is 24.5 Å².